The third kappa shape index (κ3) is 4.84. The van der Waals surface area contributed by atoms with Crippen molar-refractivity contribution in [3.8, 4) is 0 Å². The molecule has 1 heterocycles. The van der Waals surface area contributed by atoms with Gasteiger partial charge in [-0.3, -0.25) is 4.79 Å². The first-order valence-electron chi connectivity index (χ1n) is 7.41. The van der Waals surface area contributed by atoms with E-state index in [-0.39, 0.29) is 11.7 Å². The fraction of sp³-hybridized carbons (Fsp3) is 0.294. The molecule has 5 heteroatoms. The van der Waals surface area contributed by atoms with Crippen LogP contribution < -0.4 is 10.6 Å². The molecular formula is C17H20FN3O. The van der Waals surface area contributed by atoms with Crippen molar-refractivity contribution in [3.05, 3.63) is 59.5 Å². The maximum Gasteiger partial charge on any atom is 0.252 e. The van der Waals surface area contributed by atoms with Crippen LogP contribution in [0.15, 0.2) is 42.6 Å². The first-order chi connectivity index (χ1) is 10.7. The molecule has 1 aromatic carbocycles. The summed E-state index contributed by atoms with van der Waals surface area (Å²) in [6, 6.07) is 9.82. The summed E-state index contributed by atoms with van der Waals surface area (Å²) in [4.78, 5) is 16.2. The maximum absolute atomic E-state index is 12.8. The van der Waals surface area contributed by atoms with Crippen LogP contribution in [-0.4, -0.2) is 24.0 Å². The van der Waals surface area contributed by atoms with E-state index in [1.54, 1.807) is 30.5 Å². The van der Waals surface area contributed by atoms with Crippen molar-refractivity contribution in [2.75, 3.05) is 18.4 Å². The Morgan fingerprint density at radius 3 is 2.55 bits per heavy atom. The van der Waals surface area contributed by atoms with E-state index in [1.165, 1.54) is 12.1 Å². The molecule has 0 spiro atoms. The number of amides is 1. The lowest BCUT2D eigenvalue weighted by atomic mass is 10.1. The number of carbonyl (C=O) groups excluding carboxylic acids is 1. The second-order valence-corrected chi connectivity index (χ2v) is 4.99. The number of hydrogen-bond acceptors (Lipinski definition) is 3. The van der Waals surface area contributed by atoms with Gasteiger partial charge in [0.05, 0.1) is 5.56 Å². The molecule has 0 saturated heterocycles. The number of carbonyl (C=O) groups is 1. The number of halogens is 1. The van der Waals surface area contributed by atoms with E-state index in [9.17, 15) is 9.18 Å². The average Bonchev–Trinajstić information content (AvgIpc) is 2.55. The lowest BCUT2D eigenvalue weighted by molar-refractivity contribution is 0.0954. The topological polar surface area (TPSA) is 54.0 Å². The zero-order valence-electron chi connectivity index (χ0n) is 12.6. The summed E-state index contributed by atoms with van der Waals surface area (Å²) in [7, 11) is 0. The lowest BCUT2D eigenvalue weighted by Crippen LogP contribution is -2.25. The van der Waals surface area contributed by atoms with Crippen molar-refractivity contribution in [2.24, 2.45) is 0 Å². The number of pyridine rings is 1. The van der Waals surface area contributed by atoms with Gasteiger partial charge in [-0.15, -0.1) is 0 Å². The molecule has 116 valence electrons. The van der Waals surface area contributed by atoms with E-state index in [0.29, 0.717) is 18.5 Å². The Morgan fingerprint density at radius 2 is 1.91 bits per heavy atom. The zero-order valence-corrected chi connectivity index (χ0v) is 12.6. The number of nitrogens with one attached hydrogen (secondary N) is 2. The van der Waals surface area contributed by atoms with E-state index in [0.717, 1.165) is 24.3 Å². The molecule has 0 bridgehead atoms. The normalized spacial score (nSPS) is 10.3. The molecule has 1 aromatic heterocycles. The van der Waals surface area contributed by atoms with Crippen LogP contribution in [0.3, 0.4) is 0 Å². The van der Waals surface area contributed by atoms with Gasteiger partial charge in [-0.25, -0.2) is 9.37 Å². The van der Waals surface area contributed by atoms with Gasteiger partial charge in [-0.05, 0) is 42.7 Å². The minimum atomic E-state index is -0.254. The van der Waals surface area contributed by atoms with Gasteiger partial charge >= 0.3 is 0 Å². The minimum absolute atomic E-state index is 0.156. The molecule has 0 radical (unpaired) electrons. The van der Waals surface area contributed by atoms with Gasteiger partial charge in [0.25, 0.3) is 5.91 Å². The summed E-state index contributed by atoms with van der Waals surface area (Å²) in [6.07, 6.45) is 3.24. The highest BCUT2D eigenvalue weighted by molar-refractivity contribution is 5.94. The number of aromatic nitrogens is 1. The van der Waals surface area contributed by atoms with Crippen LogP contribution in [-0.2, 0) is 6.42 Å². The van der Waals surface area contributed by atoms with E-state index in [4.69, 9.17) is 0 Å². The van der Waals surface area contributed by atoms with Crippen molar-refractivity contribution in [1.82, 2.24) is 10.3 Å². The minimum Gasteiger partial charge on any atom is -0.370 e. The fourth-order valence-corrected chi connectivity index (χ4v) is 1.96. The quantitative estimate of drug-likeness (QED) is 0.826. The fourth-order valence-electron chi connectivity index (χ4n) is 1.96. The summed E-state index contributed by atoms with van der Waals surface area (Å²) >= 11 is 0. The molecule has 0 aliphatic carbocycles. The van der Waals surface area contributed by atoms with Gasteiger partial charge in [0.1, 0.15) is 11.6 Å². The maximum atomic E-state index is 12.8. The van der Waals surface area contributed by atoms with Crippen LogP contribution in [0.4, 0.5) is 10.2 Å². The third-order valence-corrected chi connectivity index (χ3v) is 3.19. The number of hydrogen-bond donors (Lipinski definition) is 2. The highest BCUT2D eigenvalue weighted by Gasteiger charge is 2.05. The van der Waals surface area contributed by atoms with Crippen LogP contribution in [0.1, 0.15) is 29.3 Å². The molecule has 0 saturated carbocycles. The molecule has 0 unspecified atom stereocenters. The molecule has 1 amide bonds. The van der Waals surface area contributed by atoms with Crippen molar-refractivity contribution in [1.29, 1.82) is 0 Å². The first-order valence-corrected chi connectivity index (χ1v) is 7.41. The predicted molar refractivity (Wildman–Crippen MR) is 85.5 cm³/mol. The molecular weight excluding hydrogens is 281 g/mol. The number of rotatable bonds is 7. The Hall–Kier alpha value is -2.43. The first kappa shape index (κ1) is 15.9. The predicted octanol–water partition coefficient (Wildman–Crippen LogP) is 3.02. The Labute approximate surface area is 129 Å². The highest BCUT2D eigenvalue weighted by atomic mass is 19.1. The van der Waals surface area contributed by atoms with E-state index in [1.807, 2.05) is 0 Å². The monoisotopic (exact) mass is 301 g/mol. The summed E-state index contributed by atoms with van der Waals surface area (Å²) in [6.45, 7) is 3.44. The van der Waals surface area contributed by atoms with E-state index < -0.39 is 0 Å². The Morgan fingerprint density at radius 1 is 1.14 bits per heavy atom. The van der Waals surface area contributed by atoms with Crippen LogP contribution in [0.25, 0.3) is 0 Å². The smallest absolute Gasteiger partial charge is 0.252 e. The molecule has 4 nitrogen and oxygen atoms in total. The summed E-state index contributed by atoms with van der Waals surface area (Å²) in [5.41, 5.74) is 1.51. The molecule has 2 aromatic rings. The number of anilines is 1. The summed E-state index contributed by atoms with van der Waals surface area (Å²) in [5.74, 6) is 0.358. The molecule has 2 rings (SSSR count). The van der Waals surface area contributed by atoms with Crippen molar-refractivity contribution in [2.45, 2.75) is 19.8 Å². The van der Waals surface area contributed by atoms with E-state index in [2.05, 4.69) is 22.5 Å². The molecule has 0 aliphatic rings. The van der Waals surface area contributed by atoms with Crippen molar-refractivity contribution >= 4 is 11.7 Å². The lowest BCUT2D eigenvalue weighted by Gasteiger charge is -2.07. The highest BCUT2D eigenvalue weighted by Crippen LogP contribution is 2.06. The molecule has 22 heavy (non-hydrogen) atoms. The average molecular weight is 301 g/mol. The van der Waals surface area contributed by atoms with Gasteiger partial charge in [0.2, 0.25) is 0 Å². The Kier molecular flexibility index (Phi) is 5.89. The third-order valence-electron chi connectivity index (χ3n) is 3.19. The largest absolute Gasteiger partial charge is 0.370 e. The molecule has 0 aliphatic heterocycles. The van der Waals surface area contributed by atoms with Gasteiger partial charge in [-0.1, -0.05) is 19.1 Å². The summed E-state index contributed by atoms with van der Waals surface area (Å²) in [5, 5.41) is 5.99. The van der Waals surface area contributed by atoms with Gasteiger partial charge in [0.15, 0.2) is 0 Å². The van der Waals surface area contributed by atoms with Crippen molar-refractivity contribution in [3.63, 3.8) is 0 Å². The van der Waals surface area contributed by atoms with Crippen LogP contribution in [0, 0.1) is 5.82 Å². The summed E-state index contributed by atoms with van der Waals surface area (Å²) < 4.78 is 12.8. The van der Waals surface area contributed by atoms with Crippen LogP contribution in [0.2, 0.25) is 0 Å². The SMILES string of the molecule is CCCNc1ccc(C(=O)NCCc2ccc(F)cc2)cn1. The van der Waals surface area contributed by atoms with Crippen molar-refractivity contribution < 1.29 is 9.18 Å². The Bertz CT molecular complexity index is 596. The number of benzene rings is 1. The zero-order chi connectivity index (χ0) is 15.8. The number of nitrogens with zero attached hydrogens (tertiary/aromatic N) is 1. The second-order valence-electron chi connectivity index (χ2n) is 4.99. The molecule has 0 fully saturated rings. The second kappa shape index (κ2) is 8.12. The van der Waals surface area contributed by atoms with Crippen LogP contribution >= 0.6 is 0 Å². The molecule has 2 N–H and O–H groups in total. The van der Waals surface area contributed by atoms with Gasteiger partial charge in [-0.2, -0.15) is 0 Å². The van der Waals surface area contributed by atoms with Crippen LogP contribution in [0.5, 0.6) is 0 Å². The molecule has 0 atom stereocenters. The standard InChI is InChI=1S/C17H20FN3O/c1-2-10-19-16-8-5-14(12-21-16)17(22)20-11-9-13-3-6-15(18)7-4-13/h3-8,12H,2,9-11H2,1H3,(H,19,21)(H,20,22). The van der Waals surface area contributed by atoms with E-state index >= 15 is 0 Å². The Balaban J connectivity index is 1.80. The van der Waals surface area contributed by atoms with Gasteiger partial charge in [0, 0.05) is 19.3 Å². The van der Waals surface area contributed by atoms with Gasteiger partial charge < -0.3 is 10.6 Å².